The number of carbonyl (C=O) groups excluding carboxylic acids is 1. The molecule has 0 spiro atoms. The third kappa shape index (κ3) is 6.53. The number of aromatic nitrogens is 1. The summed E-state index contributed by atoms with van der Waals surface area (Å²) in [5.41, 5.74) is 0.720. The summed E-state index contributed by atoms with van der Waals surface area (Å²) in [5, 5.41) is 10.4. The van der Waals surface area contributed by atoms with E-state index in [-0.39, 0.29) is 33.3 Å². The molecule has 0 N–H and O–H groups in total. The van der Waals surface area contributed by atoms with Crippen LogP contribution in [0.25, 0.3) is 17.3 Å². The zero-order valence-corrected chi connectivity index (χ0v) is 27.3. The van der Waals surface area contributed by atoms with Crippen molar-refractivity contribution in [2.24, 2.45) is 0 Å². The van der Waals surface area contributed by atoms with Crippen LogP contribution in [0.2, 0.25) is 0 Å². The first-order valence-corrected chi connectivity index (χ1v) is 16.6. The maximum absolute atomic E-state index is 14.1. The summed E-state index contributed by atoms with van der Waals surface area (Å²) >= 11 is 0.872. The molecule has 50 heavy (non-hydrogen) atoms. The molecule has 0 atom stereocenters. The van der Waals surface area contributed by atoms with E-state index in [1.54, 1.807) is 29.2 Å². The van der Waals surface area contributed by atoms with Crippen molar-refractivity contribution in [3.05, 3.63) is 145 Å². The third-order valence-corrected chi connectivity index (χ3v) is 9.78. The Balaban J connectivity index is 1.27. The second kappa shape index (κ2) is 13.7. The van der Waals surface area contributed by atoms with E-state index in [1.165, 1.54) is 12.1 Å². The van der Waals surface area contributed by atoms with Gasteiger partial charge in [0.05, 0.1) is 21.8 Å². The summed E-state index contributed by atoms with van der Waals surface area (Å²) in [6.45, 7) is 1.67. The number of halogens is 3. The topological polar surface area (TPSA) is 87.8 Å². The highest BCUT2D eigenvalue weighted by atomic mass is 32.1. The van der Waals surface area contributed by atoms with Crippen molar-refractivity contribution in [2.75, 3.05) is 33.0 Å². The number of nitriles is 1. The van der Waals surface area contributed by atoms with Gasteiger partial charge < -0.3 is 14.4 Å². The molecule has 3 heterocycles. The van der Waals surface area contributed by atoms with E-state index in [2.05, 4.69) is 29.2 Å². The lowest BCUT2D eigenvalue weighted by atomic mass is 9.96. The SMILES string of the molecule is N#CC(C(=O)N1CCN(C(c2ccccc2)c2ccccc2)CC1)=c1sc(=Cc2ccc3c(c2)OCO3)c(=O)n1-c1cccc(C(F)(F)F)c1. The number of hydrogen-bond donors (Lipinski definition) is 0. The van der Waals surface area contributed by atoms with Crippen LogP contribution in [0, 0.1) is 11.3 Å². The molecule has 2 aliphatic rings. The molecule has 5 aromatic rings. The minimum absolute atomic E-state index is 0.0493. The molecule has 12 heteroatoms. The van der Waals surface area contributed by atoms with Crippen molar-refractivity contribution in [3.8, 4) is 23.3 Å². The summed E-state index contributed by atoms with van der Waals surface area (Å²) in [4.78, 5) is 31.9. The summed E-state index contributed by atoms with van der Waals surface area (Å²) in [7, 11) is 0. The molecule has 2 aliphatic heterocycles. The largest absolute Gasteiger partial charge is 0.454 e. The first kappa shape index (κ1) is 32.9. The summed E-state index contributed by atoms with van der Waals surface area (Å²) in [6.07, 6.45) is -3.13. The van der Waals surface area contributed by atoms with Crippen LogP contribution in [0.4, 0.5) is 13.2 Å². The van der Waals surface area contributed by atoms with Gasteiger partial charge in [0.25, 0.3) is 11.5 Å². The lowest BCUT2D eigenvalue weighted by molar-refractivity contribution is -0.137. The number of benzene rings is 4. The number of rotatable bonds is 6. The number of alkyl halides is 3. The predicted molar refractivity (Wildman–Crippen MR) is 182 cm³/mol. The van der Waals surface area contributed by atoms with Crippen LogP contribution < -0.4 is 24.2 Å². The Morgan fingerprint density at radius 1 is 0.840 bits per heavy atom. The molecule has 1 saturated heterocycles. The standard InChI is InChI=1S/C38H29F3N4O4S/c39-38(40,41)28-12-7-13-29(22-28)45-36(47)33(21-25-14-15-31-32(20-25)49-24-48-31)50-37(45)30(23-42)35(46)44-18-16-43(17-19-44)34(26-8-3-1-4-9-26)27-10-5-2-6-11-27/h1-15,20-22,34H,16-19,24H2. The highest BCUT2D eigenvalue weighted by molar-refractivity contribution is 7.07. The molecular weight excluding hydrogens is 666 g/mol. The maximum atomic E-state index is 14.1. The van der Waals surface area contributed by atoms with Gasteiger partial charge in [-0.05, 0) is 53.1 Å². The van der Waals surface area contributed by atoms with Gasteiger partial charge in [-0.25, -0.2) is 0 Å². The highest BCUT2D eigenvalue weighted by Gasteiger charge is 2.32. The summed E-state index contributed by atoms with van der Waals surface area (Å²) in [6, 6.07) is 31.4. The molecule has 0 radical (unpaired) electrons. The van der Waals surface area contributed by atoms with Crippen LogP contribution in [-0.2, 0) is 11.0 Å². The van der Waals surface area contributed by atoms with Crippen molar-refractivity contribution in [1.82, 2.24) is 14.4 Å². The van der Waals surface area contributed by atoms with Gasteiger partial charge in [-0.3, -0.25) is 19.1 Å². The third-order valence-electron chi connectivity index (χ3n) is 8.69. The molecule has 0 aliphatic carbocycles. The van der Waals surface area contributed by atoms with E-state index in [4.69, 9.17) is 9.47 Å². The van der Waals surface area contributed by atoms with Gasteiger partial charge >= 0.3 is 6.18 Å². The van der Waals surface area contributed by atoms with E-state index in [9.17, 15) is 28.0 Å². The highest BCUT2D eigenvalue weighted by Crippen LogP contribution is 2.33. The molecule has 8 nitrogen and oxygen atoms in total. The molecule has 1 aromatic heterocycles. The minimum Gasteiger partial charge on any atom is -0.454 e. The quantitative estimate of drug-likeness (QED) is 0.247. The lowest BCUT2D eigenvalue weighted by Crippen LogP contribution is -2.50. The van der Waals surface area contributed by atoms with Crippen LogP contribution >= 0.6 is 11.3 Å². The Morgan fingerprint density at radius 2 is 1.50 bits per heavy atom. The van der Waals surface area contributed by atoms with Gasteiger partial charge in [0.15, 0.2) is 17.1 Å². The Morgan fingerprint density at radius 3 is 2.14 bits per heavy atom. The van der Waals surface area contributed by atoms with E-state index < -0.39 is 23.2 Å². The van der Waals surface area contributed by atoms with Gasteiger partial charge in [-0.15, -0.1) is 11.3 Å². The van der Waals surface area contributed by atoms with Gasteiger partial charge in [0, 0.05) is 26.2 Å². The number of fused-ring (bicyclic) bond motifs is 1. The number of thiazole rings is 1. The van der Waals surface area contributed by atoms with Crippen LogP contribution in [-0.4, -0.2) is 53.2 Å². The first-order chi connectivity index (χ1) is 24.2. The number of amides is 1. The van der Waals surface area contributed by atoms with Crippen LogP contribution in [0.15, 0.2) is 108 Å². The number of carbonyl (C=O) groups is 1. The summed E-state index contributed by atoms with van der Waals surface area (Å²) < 4.78 is 53.2. The van der Waals surface area contributed by atoms with Crippen molar-refractivity contribution >= 4 is 28.9 Å². The van der Waals surface area contributed by atoms with E-state index in [0.29, 0.717) is 43.2 Å². The minimum atomic E-state index is -4.67. The van der Waals surface area contributed by atoms with Gasteiger partial charge in [-0.2, -0.15) is 18.4 Å². The number of nitrogens with zero attached hydrogens (tertiary/aromatic N) is 4. The Hall–Kier alpha value is -5.64. The zero-order chi connectivity index (χ0) is 34.8. The molecule has 7 rings (SSSR count). The smallest absolute Gasteiger partial charge is 0.416 e. The molecule has 1 amide bonds. The van der Waals surface area contributed by atoms with Crippen molar-refractivity contribution < 1.29 is 27.4 Å². The zero-order valence-electron chi connectivity index (χ0n) is 26.5. The van der Waals surface area contributed by atoms with Crippen LogP contribution in [0.3, 0.4) is 0 Å². The van der Waals surface area contributed by atoms with Crippen LogP contribution in [0.1, 0.15) is 28.3 Å². The molecule has 4 aromatic carbocycles. The molecule has 0 saturated carbocycles. The second-order valence-electron chi connectivity index (χ2n) is 11.8. The fraction of sp³-hybridized carbons (Fsp3) is 0.184. The summed E-state index contributed by atoms with van der Waals surface area (Å²) in [5.74, 6) is 0.425. The van der Waals surface area contributed by atoms with E-state index in [1.807, 2.05) is 42.5 Å². The average Bonchev–Trinajstić information content (AvgIpc) is 3.73. The lowest BCUT2D eigenvalue weighted by Gasteiger charge is -2.39. The molecule has 0 unspecified atom stereocenters. The first-order valence-electron chi connectivity index (χ1n) is 15.8. The monoisotopic (exact) mass is 694 g/mol. The van der Waals surface area contributed by atoms with Crippen molar-refractivity contribution in [1.29, 1.82) is 5.26 Å². The van der Waals surface area contributed by atoms with Gasteiger partial charge in [0.2, 0.25) is 6.79 Å². The van der Waals surface area contributed by atoms with Crippen molar-refractivity contribution in [3.63, 3.8) is 0 Å². The Bertz CT molecular complexity index is 2230. The molecule has 252 valence electrons. The maximum Gasteiger partial charge on any atom is 0.416 e. The average molecular weight is 695 g/mol. The predicted octanol–water partition coefficient (Wildman–Crippen LogP) is 5.08. The molecular formula is C38H29F3N4O4S. The normalized spacial score (nSPS) is 15.7. The second-order valence-corrected chi connectivity index (χ2v) is 12.8. The fourth-order valence-electron chi connectivity index (χ4n) is 6.27. The molecule has 1 fully saturated rings. The fourth-order valence-corrected chi connectivity index (χ4v) is 7.37. The van der Waals surface area contributed by atoms with Gasteiger partial charge in [0.1, 0.15) is 10.7 Å². The number of hydrogen-bond acceptors (Lipinski definition) is 7. The Kier molecular flexibility index (Phi) is 9.01. The van der Waals surface area contributed by atoms with Crippen LogP contribution in [0.5, 0.6) is 11.5 Å². The number of ether oxygens (including phenoxy) is 2. The number of piperazine rings is 1. The van der Waals surface area contributed by atoms with Gasteiger partial charge in [-0.1, -0.05) is 72.8 Å². The Labute approximate surface area is 288 Å². The van der Waals surface area contributed by atoms with E-state index in [0.717, 1.165) is 39.2 Å². The molecule has 0 bridgehead atoms. The van der Waals surface area contributed by atoms with E-state index >= 15 is 0 Å². The van der Waals surface area contributed by atoms with Crippen molar-refractivity contribution in [2.45, 2.75) is 12.2 Å².